The number of hydrogen-bond acceptors (Lipinski definition) is 5. The van der Waals surface area contributed by atoms with Gasteiger partial charge in [0.15, 0.2) is 0 Å². The predicted octanol–water partition coefficient (Wildman–Crippen LogP) is 3.09. The summed E-state index contributed by atoms with van der Waals surface area (Å²) >= 11 is 0. The molecule has 30 heavy (non-hydrogen) atoms. The minimum Gasteiger partial charge on any atom is -0.490 e. The van der Waals surface area contributed by atoms with Gasteiger partial charge in [-0.3, -0.25) is 20.4 Å². The van der Waals surface area contributed by atoms with Gasteiger partial charge in [0.05, 0.1) is 17.2 Å². The maximum Gasteiger partial charge on any atom is 0.273 e. The molecule has 0 aromatic heterocycles. The van der Waals surface area contributed by atoms with Gasteiger partial charge in [0.2, 0.25) is 0 Å². The fourth-order valence-electron chi connectivity index (χ4n) is 2.59. The number of nitrogens with zero attached hydrogens (tertiary/aromatic N) is 1. The van der Waals surface area contributed by atoms with E-state index >= 15 is 0 Å². The molecule has 0 heterocycles. The van der Waals surface area contributed by atoms with Crippen molar-refractivity contribution in [2.24, 2.45) is 0 Å². The summed E-state index contributed by atoms with van der Waals surface area (Å²) in [6.45, 7) is 0.554. The minimum absolute atomic E-state index is 0.243. The zero-order valence-electron chi connectivity index (χ0n) is 16.0. The van der Waals surface area contributed by atoms with E-state index in [-0.39, 0.29) is 17.7 Å². The lowest BCUT2D eigenvalue weighted by Crippen LogP contribution is -2.41. The highest BCUT2D eigenvalue weighted by Crippen LogP contribution is 2.18. The molecule has 0 spiro atoms. The molecule has 3 aromatic carbocycles. The van der Waals surface area contributed by atoms with Gasteiger partial charge in [-0.15, -0.1) is 0 Å². The fourth-order valence-corrected chi connectivity index (χ4v) is 2.59. The SMILES string of the molecule is N#Cc1cccc(C(=O)NNC(=O)c2ccccc2OCCOc2ccccc2)c1. The smallest absolute Gasteiger partial charge is 0.273 e. The van der Waals surface area contributed by atoms with Crippen LogP contribution in [0.25, 0.3) is 0 Å². The highest BCUT2D eigenvalue weighted by molar-refractivity contribution is 6.00. The average Bonchev–Trinajstić information content (AvgIpc) is 2.81. The van der Waals surface area contributed by atoms with Crippen molar-refractivity contribution >= 4 is 11.8 Å². The van der Waals surface area contributed by atoms with Gasteiger partial charge in [-0.05, 0) is 42.5 Å². The van der Waals surface area contributed by atoms with E-state index in [0.717, 1.165) is 5.75 Å². The summed E-state index contributed by atoms with van der Waals surface area (Å²) in [5, 5.41) is 8.92. The van der Waals surface area contributed by atoms with Crippen LogP contribution in [-0.4, -0.2) is 25.0 Å². The molecule has 3 aromatic rings. The van der Waals surface area contributed by atoms with Crippen molar-refractivity contribution in [1.82, 2.24) is 10.9 Å². The largest absolute Gasteiger partial charge is 0.490 e. The molecule has 150 valence electrons. The number of rotatable bonds is 7. The quantitative estimate of drug-likeness (QED) is 0.468. The molecule has 2 N–H and O–H groups in total. The monoisotopic (exact) mass is 401 g/mol. The minimum atomic E-state index is -0.532. The zero-order chi connectivity index (χ0) is 21.2. The molecular formula is C23H19N3O4. The summed E-state index contributed by atoms with van der Waals surface area (Å²) in [6, 6.07) is 24.2. The molecule has 0 aliphatic heterocycles. The third-order valence-corrected chi connectivity index (χ3v) is 4.03. The van der Waals surface area contributed by atoms with Gasteiger partial charge in [0.1, 0.15) is 24.7 Å². The van der Waals surface area contributed by atoms with E-state index in [1.807, 2.05) is 36.4 Å². The molecule has 0 unspecified atom stereocenters. The Balaban J connectivity index is 1.54. The van der Waals surface area contributed by atoms with Crippen LogP contribution < -0.4 is 20.3 Å². The van der Waals surface area contributed by atoms with E-state index in [4.69, 9.17) is 14.7 Å². The predicted molar refractivity (Wildman–Crippen MR) is 110 cm³/mol. The maximum absolute atomic E-state index is 12.5. The Hall–Kier alpha value is -4.31. The van der Waals surface area contributed by atoms with E-state index in [9.17, 15) is 9.59 Å². The lowest BCUT2D eigenvalue weighted by atomic mass is 10.1. The van der Waals surface area contributed by atoms with Crippen molar-refractivity contribution in [3.63, 3.8) is 0 Å². The van der Waals surface area contributed by atoms with Gasteiger partial charge in [0.25, 0.3) is 11.8 Å². The van der Waals surface area contributed by atoms with Gasteiger partial charge >= 0.3 is 0 Å². The van der Waals surface area contributed by atoms with Crippen molar-refractivity contribution in [3.8, 4) is 17.6 Å². The first-order chi connectivity index (χ1) is 14.7. The number of benzene rings is 3. The normalized spacial score (nSPS) is 9.83. The van der Waals surface area contributed by atoms with Crippen molar-refractivity contribution in [1.29, 1.82) is 5.26 Å². The van der Waals surface area contributed by atoms with Crippen LogP contribution in [0, 0.1) is 11.3 Å². The molecule has 0 fully saturated rings. The summed E-state index contributed by atoms with van der Waals surface area (Å²) in [5.74, 6) is 0.0390. The van der Waals surface area contributed by atoms with Crippen LogP contribution in [0.5, 0.6) is 11.5 Å². The number of nitrogens with one attached hydrogen (secondary N) is 2. The van der Waals surface area contributed by atoms with Crippen LogP contribution >= 0.6 is 0 Å². The number of para-hydroxylation sites is 2. The first-order valence-electron chi connectivity index (χ1n) is 9.18. The molecule has 0 saturated carbocycles. The van der Waals surface area contributed by atoms with Crippen LogP contribution in [0.4, 0.5) is 0 Å². The van der Waals surface area contributed by atoms with Crippen molar-refractivity contribution in [3.05, 3.63) is 95.6 Å². The van der Waals surface area contributed by atoms with E-state index in [1.165, 1.54) is 6.07 Å². The standard InChI is InChI=1S/C23H19N3O4/c24-16-17-7-6-8-18(15-17)22(27)25-26-23(28)20-11-4-5-12-21(20)30-14-13-29-19-9-2-1-3-10-19/h1-12,15H,13-14H2,(H,25,27)(H,26,28). The number of hydrazine groups is 1. The summed E-state index contributed by atoms with van der Waals surface area (Å²) in [5.41, 5.74) is 5.58. The second-order valence-corrected chi connectivity index (χ2v) is 6.11. The van der Waals surface area contributed by atoms with Gasteiger partial charge in [-0.25, -0.2) is 0 Å². The van der Waals surface area contributed by atoms with Gasteiger partial charge in [-0.2, -0.15) is 5.26 Å². The second kappa shape index (κ2) is 10.3. The first kappa shape index (κ1) is 20.4. The van der Waals surface area contributed by atoms with Crippen molar-refractivity contribution in [2.75, 3.05) is 13.2 Å². The molecule has 0 saturated heterocycles. The molecule has 0 radical (unpaired) electrons. The summed E-state index contributed by atoms with van der Waals surface area (Å²) in [4.78, 5) is 24.7. The summed E-state index contributed by atoms with van der Waals surface area (Å²) < 4.78 is 11.2. The van der Waals surface area contributed by atoms with Crippen LogP contribution in [0.2, 0.25) is 0 Å². The lowest BCUT2D eigenvalue weighted by Gasteiger charge is -2.13. The van der Waals surface area contributed by atoms with Crippen LogP contribution in [0.3, 0.4) is 0 Å². The van der Waals surface area contributed by atoms with E-state index in [1.54, 1.807) is 42.5 Å². The van der Waals surface area contributed by atoms with Gasteiger partial charge in [-0.1, -0.05) is 36.4 Å². The van der Waals surface area contributed by atoms with E-state index in [0.29, 0.717) is 17.9 Å². The molecular weight excluding hydrogens is 382 g/mol. The third-order valence-electron chi connectivity index (χ3n) is 4.03. The number of hydrogen-bond donors (Lipinski definition) is 2. The van der Waals surface area contributed by atoms with Gasteiger partial charge in [0, 0.05) is 5.56 Å². The molecule has 3 rings (SSSR count). The summed E-state index contributed by atoms with van der Waals surface area (Å²) in [7, 11) is 0. The summed E-state index contributed by atoms with van der Waals surface area (Å²) in [6.07, 6.45) is 0. The van der Waals surface area contributed by atoms with Crippen molar-refractivity contribution < 1.29 is 19.1 Å². The number of carbonyl (C=O) groups excluding carboxylic acids is 2. The Morgan fingerprint density at radius 2 is 1.50 bits per heavy atom. The average molecular weight is 401 g/mol. The van der Waals surface area contributed by atoms with E-state index < -0.39 is 11.8 Å². The molecule has 7 nitrogen and oxygen atoms in total. The van der Waals surface area contributed by atoms with Crippen LogP contribution in [-0.2, 0) is 0 Å². The van der Waals surface area contributed by atoms with Crippen molar-refractivity contribution in [2.45, 2.75) is 0 Å². The number of nitriles is 1. The maximum atomic E-state index is 12.5. The van der Waals surface area contributed by atoms with Crippen LogP contribution in [0.1, 0.15) is 26.3 Å². The molecule has 0 atom stereocenters. The molecule has 0 aliphatic carbocycles. The topological polar surface area (TPSA) is 100 Å². The molecule has 7 heteroatoms. The highest BCUT2D eigenvalue weighted by atomic mass is 16.5. The Morgan fingerprint density at radius 1 is 0.800 bits per heavy atom. The lowest BCUT2D eigenvalue weighted by molar-refractivity contribution is 0.0844. The van der Waals surface area contributed by atoms with Crippen LogP contribution in [0.15, 0.2) is 78.9 Å². The third kappa shape index (κ3) is 5.59. The first-order valence-corrected chi connectivity index (χ1v) is 9.18. The number of carbonyl (C=O) groups is 2. The Morgan fingerprint density at radius 3 is 2.30 bits per heavy atom. The molecule has 0 aliphatic rings. The molecule has 2 amide bonds. The number of ether oxygens (including phenoxy) is 2. The Kier molecular flexibility index (Phi) is 7.01. The Bertz CT molecular complexity index is 1060. The van der Waals surface area contributed by atoms with E-state index in [2.05, 4.69) is 10.9 Å². The highest BCUT2D eigenvalue weighted by Gasteiger charge is 2.14. The molecule has 0 bridgehead atoms. The Labute approximate surface area is 173 Å². The number of amides is 2. The zero-order valence-corrected chi connectivity index (χ0v) is 16.0. The second-order valence-electron chi connectivity index (χ2n) is 6.11. The fraction of sp³-hybridized carbons (Fsp3) is 0.0870. The van der Waals surface area contributed by atoms with Gasteiger partial charge < -0.3 is 9.47 Å².